The number of aromatic amines is 1. The number of carbonyl (C=O) groups is 1. The molecule has 2 aliphatic heterocycles. The monoisotopic (exact) mass is 358 g/mol. The third kappa shape index (κ3) is 2.75. The molecule has 25 heavy (non-hydrogen) atoms. The zero-order chi connectivity index (χ0) is 16.8. The van der Waals surface area contributed by atoms with Crippen molar-refractivity contribution < 1.29 is 9.53 Å². The first kappa shape index (κ1) is 15.4. The van der Waals surface area contributed by atoms with Crippen LogP contribution in [0.15, 0.2) is 24.4 Å². The highest BCUT2D eigenvalue weighted by Gasteiger charge is 2.50. The Balaban J connectivity index is 1.26. The lowest BCUT2D eigenvalue weighted by Gasteiger charge is -2.27. The van der Waals surface area contributed by atoms with Crippen LogP contribution in [0.25, 0.3) is 10.6 Å². The van der Waals surface area contributed by atoms with E-state index in [1.165, 1.54) is 22.6 Å². The summed E-state index contributed by atoms with van der Waals surface area (Å²) in [5.41, 5.74) is 1.07. The number of carbonyl (C=O) groups excluding carboxylic acids is 1. The molecule has 1 aliphatic carbocycles. The van der Waals surface area contributed by atoms with Crippen molar-refractivity contribution in [3.8, 4) is 10.6 Å². The maximum absolute atomic E-state index is 12.3. The highest BCUT2D eigenvalue weighted by molar-refractivity contribution is 7.15. The molecule has 0 spiro atoms. The van der Waals surface area contributed by atoms with Crippen molar-refractivity contribution in [3.05, 3.63) is 29.3 Å². The summed E-state index contributed by atoms with van der Waals surface area (Å²) in [6.45, 7) is 2.68. The quantitative estimate of drug-likeness (QED) is 0.912. The number of fused-ring (bicyclic) bond motifs is 1. The van der Waals surface area contributed by atoms with Crippen molar-refractivity contribution in [2.45, 2.75) is 50.4 Å². The molecule has 0 aromatic carbocycles. The van der Waals surface area contributed by atoms with Gasteiger partial charge < -0.3 is 4.74 Å². The minimum absolute atomic E-state index is 0.0418. The summed E-state index contributed by atoms with van der Waals surface area (Å²) < 4.78 is 5.68. The van der Waals surface area contributed by atoms with Crippen LogP contribution < -0.4 is 0 Å². The van der Waals surface area contributed by atoms with Gasteiger partial charge in [-0.2, -0.15) is 5.10 Å². The smallest absolute Gasteiger partial charge is 0.410 e. The van der Waals surface area contributed by atoms with E-state index in [-0.39, 0.29) is 18.2 Å². The van der Waals surface area contributed by atoms with Crippen LogP contribution in [0.3, 0.4) is 0 Å². The van der Waals surface area contributed by atoms with Gasteiger partial charge in [0.25, 0.3) is 0 Å². The fourth-order valence-corrected chi connectivity index (χ4v) is 5.52. The molecular weight excluding hydrogens is 336 g/mol. The first-order valence-corrected chi connectivity index (χ1v) is 9.89. The van der Waals surface area contributed by atoms with E-state index in [1.54, 1.807) is 17.5 Å². The lowest BCUT2D eigenvalue weighted by molar-refractivity contribution is 0.113. The van der Waals surface area contributed by atoms with E-state index < -0.39 is 0 Å². The van der Waals surface area contributed by atoms with Crippen molar-refractivity contribution in [1.29, 1.82) is 0 Å². The van der Waals surface area contributed by atoms with E-state index in [2.05, 4.69) is 32.1 Å². The molecule has 3 aliphatic rings. The molecule has 1 saturated carbocycles. The molecule has 0 bridgehead atoms. The zero-order valence-corrected chi connectivity index (χ0v) is 14.9. The van der Waals surface area contributed by atoms with Gasteiger partial charge in [-0.3, -0.25) is 14.9 Å². The number of rotatable bonds is 4. The van der Waals surface area contributed by atoms with Gasteiger partial charge in [0, 0.05) is 36.8 Å². The summed E-state index contributed by atoms with van der Waals surface area (Å²) in [7, 11) is 0. The topological polar surface area (TPSA) is 61.5 Å². The molecule has 4 heterocycles. The summed E-state index contributed by atoms with van der Waals surface area (Å²) in [6.07, 6.45) is 6.48. The van der Waals surface area contributed by atoms with Gasteiger partial charge in [0.1, 0.15) is 6.10 Å². The predicted octanol–water partition coefficient (Wildman–Crippen LogP) is 3.09. The Morgan fingerprint density at radius 2 is 2.12 bits per heavy atom. The molecule has 0 radical (unpaired) electrons. The Morgan fingerprint density at radius 1 is 1.24 bits per heavy atom. The zero-order valence-electron chi connectivity index (χ0n) is 14.1. The number of H-pyrrole nitrogens is 1. The van der Waals surface area contributed by atoms with Gasteiger partial charge >= 0.3 is 6.09 Å². The molecule has 6 nitrogen and oxygen atoms in total. The van der Waals surface area contributed by atoms with Crippen molar-refractivity contribution >= 4 is 17.4 Å². The van der Waals surface area contributed by atoms with Crippen molar-refractivity contribution in [2.24, 2.45) is 0 Å². The van der Waals surface area contributed by atoms with E-state index in [4.69, 9.17) is 4.74 Å². The number of hydrogen-bond acceptors (Lipinski definition) is 5. The van der Waals surface area contributed by atoms with Gasteiger partial charge in [0.2, 0.25) is 0 Å². The van der Waals surface area contributed by atoms with Crippen LogP contribution in [0.5, 0.6) is 0 Å². The number of nitrogens with one attached hydrogen (secondary N) is 1. The predicted molar refractivity (Wildman–Crippen MR) is 95.3 cm³/mol. The number of ether oxygens (including phenoxy) is 1. The van der Waals surface area contributed by atoms with Crippen LogP contribution in [0.2, 0.25) is 0 Å². The van der Waals surface area contributed by atoms with Gasteiger partial charge in [-0.25, -0.2) is 4.79 Å². The second-order valence-corrected chi connectivity index (χ2v) is 8.43. The van der Waals surface area contributed by atoms with Gasteiger partial charge in [-0.05, 0) is 31.0 Å². The number of nitrogens with zero attached hydrogens (tertiary/aromatic N) is 3. The van der Waals surface area contributed by atoms with Crippen molar-refractivity contribution in [1.82, 2.24) is 20.0 Å². The molecule has 2 atom stereocenters. The number of hydrogen-bond donors (Lipinski definition) is 1. The second kappa shape index (κ2) is 6.14. The lowest BCUT2D eigenvalue weighted by atomic mass is 10.1. The van der Waals surface area contributed by atoms with E-state index in [1.807, 2.05) is 6.07 Å². The average molecular weight is 358 g/mol. The van der Waals surface area contributed by atoms with Crippen molar-refractivity contribution in [3.63, 3.8) is 0 Å². The first-order chi connectivity index (χ1) is 12.3. The molecule has 3 fully saturated rings. The Kier molecular flexibility index (Phi) is 3.78. The Labute approximate surface area is 150 Å². The standard InChI is InChI=1S/C18H22N4O2S/c23-18-22(12-3-1-2-4-12)15-10-21(11-16(15)24-18)9-13-5-6-17(25-13)14-7-8-19-20-14/h5-8,12,15-16H,1-4,9-11H2,(H,19,20)/t15-,16+/m1/s1. The number of likely N-dealkylation sites (tertiary alicyclic amines) is 1. The lowest BCUT2D eigenvalue weighted by Crippen LogP contribution is -2.43. The van der Waals surface area contributed by atoms with Gasteiger partial charge in [0.15, 0.2) is 0 Å². The minimum atomic E-state index is -0.0841. The minimum Gasteiger partial charge on any atom is -0.442 e. The number of thiophene rings is 1. The molecule has 2 aromatic rings. The Hall–Kier alpha value is -1.86. The molecule has 2 aromatic heterocycles. The molecular formula is C18H22N4O2S. The molecule has 1 N–H and O–H groups in total. The SMILES string of the molecule is O=C1O[C@H]2CN(Cc3ccc(-c4ccn[nH]4)s3)C[C@H]2N1C1CCCC1. The summed E-state index contributed by atoms with van der Waals surface area (Å²) >= 11 is 1.80. The van der Waals surface area contributed by atoms with E-state index in [0.717, 1.165) is 38.2 Å². The highest BCUT2D eigenvalue weighted by atomic mass is 32.1. The van der Waals surface area contributed by atoms with E-state index in [9.17, 15) is 4.79 Å². The van der Waals surface area contributed by atoms with Crippen LogP contribution in [-0.4, -0.2) is 57.4 Å². The normalized spacial score (nSPS) is 27.2. The Bertz CT molecular complexity index is 753. The van der Waals surface area contributed by atoms with Crippen LogP contribution in [0.1, 0.15) is 30.6 Å². The van der Waals surface area contributed by atoms with Crippen LogP contribution in [0, 0.1) is 0 Å². The number of amides is 1. The molecule has 132 valence electrons. The third-order valence-electron chi connectivity index (χ3n) is 5.66. The summed E-state index contributed by atoms with van der Waals surface area (Å²) in [4.78, 5) is 19.3. The average Bonchev–Trinajstić information content (AvgIpc) is 3.37. The largest absolute Gasteiger partial charge is 0.442 e. The molecule has 0 unspecified atom stereocenters. The number of aromatic nitrogens is 2. The van der Waals surface area contributed by atoms with Gasteiger partial charge in [0.05, 0.1) is 16.6 Å². The molecule has 7 heteroatoms. The molecule has 2 saturated heterocycles. The summed E-state index contributed by atoms with van der Waals surface area (Å²) in [5, 5.41) is 7.04. The maximum atomic E-state index is 12.3. The molecule has 5 rings (SSSR count). The fraction of sp³-hybridized carbons (Fsp3) is 0.556. The molecule has 1 amide bonds. The van der Waals surface area contributed by atoms with Crippen LogP contribution in [0.4, 0.5) is 4.79 Å². The van der Waals surface area contributed by atoms with E-state index in [0.29, 0.717) is 6.04 Å². The maximum Gasteiger partial charge on any atom is 0.410 e. The highest BCUT2D eigenvalue weighted by Crippen LogP contribution is 2.35. The van der Waals surface area contributed by atoms with Crippen molar-refractivity contribution in [2.75, 3.05) is 13.1 Å². The Morgan fingerprint density at radius 3 is 2.92 bits per heavy atom. The summed E-state index contributed by atoms with van der Waals surface area (Å²) in [6, 6.07) is 6.97. The van der Waals surface area contributed by atoms with Crippen LogP contribution in [-0.2, 0) is 11.3 Å². The van der Waals surface area contributed by atoms with Gasteiger partial charge in [-0.15, -0.1) is 11.3 Å². The third-order valence-corrected chi connectivity index (χ3v) is 6.76. The van der Waals surface area contributed by atoms with Gasteiger partial charge in [-0.1, -0.05) is 12.8 Å². The fourth-order valence-electron chi connectivity index (χ4n) is 4.49. The first-order valence-electron chi connectivity index (χ1n) is 9.08. The summed E-state index contributed by atoms with van der Waals surface area (Å²) in [5.74, 6) is 0. The van der Waals surface area contributed by atoms with Crippen LogP contribution >= 0.6 is 11.3 Å². The second-order valence-electron chi connectivity index (χ2n) is 7.27. The van der Waals surface area contributed by atoms with E-state index >= 15 is 0 Å².